The number of rotatable bonds is 9. The largest absolute Gasteiger partial charge is 0.573 e. The predicted octanol–water partition coefficient (Wildman–Crippen LogP) is 3.34. The minimum atomic E-state index is -4.86. The molecule has 1 fully saturated rings. The zero-order valence-corrected chi connectivity index (χ0v) is 19.7. The van der Waals surface area contributed by atoms with Gasteiger partial charge in [0.15, 0.2) is 5.82 Å². The first kappa shape index (κ1) is 26.5. The quantitative estimate of drug-likeness (QED) is 0.448. The van der Waals surface area contributed by atoms with Gasteiger partial charge >= 0.3 is 12.3 Å². The lowest BCUT2D eigenvalue weighted by Crippen LogP contribution is -2.43. The van der Waals surface area contributed by atoms with Gasteiger partial charge in [0.25, 0.3) is 0 Å². The number of phenolic OH excluding ortho intramolecular Hbond substituents is 1. The molecule has 1 atom stereocenters. The van der Waals surface area contributed by atoms with Gasteiger partial charge in [0.1, 0.15) is 17.2 Å². The molecule has 2 aromatic rings. The number of piperidine rings is 1. The molecule has 9 nitrogen and oxygen atoms in total. The van der Waals surface area contributed by atoms with Crippen LogP contribution in [0.1, 0.15) is 37.3 Å². The Morgan fingerprint density at radius 1 is 1.34 bits per heavy atom. The molecule has 0 saturated carbocycles. The molecule has 0 amide bonds. The Labute approximate surface area is 201 Å². The summed E-state index contributed by atoms with van der Waals surface area (Å²) < 4.78 is 46.2. The third-order valence-corrected chi connectivity index (χ3v) is 5.79. The van der Waals surface area contributed by atoms with Crippen molar-refractivity contribution in [3.8, 4) is 22.8 Å². The van der Waals surface area contributed by atoms with E-state index in [1.807, 2.05) is 0 Å². The second-order valence-electron chi connectivity index (χ2n) is 8.27. The molecule has 4 N–H and O–H groups in total. The molecule has 3 rings (SSSR count). The Kier molecular flexibility index (Phi) is 8.73. The number of esters is 1. The van der Waals surface area contributed by atoms with Crippen LogP contribution in [0.15, 0.2) is 18.2 Å². The van der Waals surface area contributed by atoms with Crippen LogP contribution in [0.5, 0.6) is 11.5 Å². The molecule has 192 valence electrons. The second kappa shape index (κ2) is 11.5. The zero-order chi connectivity index (χ0) is 25.6. The Morgan fingerprint density at radius 2 is 2.11 bits per heavy atom. The maximum atomic E-state index is 12.5. The van der Waals surface area contributed by atoms with Crippen LogP contribution >= 0.6 is 0 Å². The van der Waals surface area contributed by atoms with Crippen molar-refractivity contribution in [1.29, 1.82) is 0 Å². The second-order valence-corrected chi connectivity index (χ2v) is 8.27. The maximum Gasteiger partial charge on any atom is 0.573 e. The number of aromatic hydroxyl groups is 1. The van der Waals surface area contributed by atoms with E-state index in [-0.39, 0.29) is 24.1 Å². The van der Waals surface area contributed by atoms with Crippen LogP contribution in [0.3, 0.4) is 0 Å². The number of nitrogens with one attached hydrogen (secondary N) is 1. The number of likely N-dealkylation sites (tertiary alicyclic amines) is 1. The summed E-state index contributed by atoms with van der Waals surface area (Å²) in [4.78, 5) is 13.9. The highest BCUT2D eigenvalue weighted by Gasteiger charge is 2.31. The Hall–Kier alpha value is -3.12. The predicted molar refractivity (Wildman–Crippen MR) is 123 cm³/mol. The first-order valence-corrected chi connectivity index (χ1v) is 11.4. The number of benzene rings is 1. The van der Waals surface area contributed by atoms with Crippen molar-refractivity contribution in [3.63, 3.8) is 0 Å². The molecule has 0 spiro atoms. The summed E-state index contributed by atoms with van der Waals surface area (Å²) in [6.07, 6.45) is -2.68. The summed E-state index contributed by atoms with van der Waals surface area (Å²) in [5.41, 5.74) is 7.86. The molecule has 1 aliphatic heterocycles. The molecule has 0 unspecified atom stereocenters. The summed E-state index contributed by atoms with van der Waals surface area (Å²) >= 11 is 0. The average molecular weight is 498 g/mol. The molecular formula is C23H30F3N5O4. The average Bonchev–Trinajstić information content (AvgIpc) is 2.78. The van der Waals surface area contributed by atoms with E-state index in [1.54, 1.807) is 13.8 Å². The lowest BCUT2D eigenvalue weighted by Gasteiger charge is -2.33. The van der Waals surface area contributed by atoms with E-state index in [0.717, 1.165) is 31.5 Å². The van der Waals surface area contributed by atoms with E-state index in [9.17, 15) is 23.1 Å². The molecule has 0 radical (unpaired) electrons. The van der Waals surface area contributed by atoms with Crippen LogP contribution in [-0.2, 0) is 16.1 Å². The van der Waals surface area contributed by atoms with Gasteiger partial charge in [-0.2, -0.15) is 0 Å². The Morgan fingerprint density at radius 3 is 2.77 bits per heavy atom. The summed E-state index contributed by atoms with van der Waals surface area (Å²) in [7, 11) is 0. The number of nitrogens with zero attached hydrogens (tertiary/aromatic N) is 3. The van der Waals surface area contributed by atoms with Crippen LogP contribution in [0.2, 0.25) is 0 Å². The summed E-state index contributed by atoms with van der Waals surface area (Å²) in [5, 5.41) is 22.2. The van der Waals surface area contributed by atoms with Crippen molar-refractivity contribution in [1.82, 2.24) is 15.1 Å². The molecule has 2 heterocycles. The van der Waals surface area contributed by atoms with Gasteiger partial charge in [0.05, 0.1) is 13.0 Å². The summed E-state index contributed by atoms with van der Waals surface area (Å²) in [6, 6.07) is 3.35. The normalized spacial score (nSPS) is 16.7. The van der Waals surface area contributed by atoms with Crippen LogP contribution < -0.4 is 15.8 Å². The highest BCUT2D eigenvalue weighted by atomic mass is 19.4. The molecule has 0 bridgehead atoms. The SMILES string of the molecule is CCOC(=O)CCN1CCC[C@@H](Nc2nnc(-c3ccc(OC(F)(F)F)cc3O)c(C)c2CN)C1. The molecule has 1 aromatic heterocycles. The highest BCUT2D eigenvalue weighted by molar-refractivity contribution is 5.73. The van der Waals surface area contributed by atoms with Crippen molar-refractivity contribution >= 4 is 11.8 Å². The van der Waals surface area contributed by atoms with Crippen molar-refractivity contribution < 1.29 is 32.5 Å². The fraction of sp³-hybridized carbons (Fsp3) is 0.522. The molecule has 1 aliphatic rings. The lowest BCUT2D eigenvalue weighted by molar-refractivity contribution is -0.274. The number of carbonyl (C=O) groups is 1. The molecule has 0 aliphatic carbocycles. The first-order valence-electron chi connectivity index (χ1n) is 11.4. The van der Waals surface area contributed by atoms with Gasteiger partial charge < -0.3 is 30.5 Å². The van der Waals surface area contributed by atoms with Crippen LogP contribution in [0, 0.1) is 6.92 Å². The third-order valence-electron chi connectivity index (χ3n) is 5.79. The van der Waals surface area contributed by atoms with Gasteiger partial charge in [-0.15, -0.1) is 23.4 Å². The number of nitrogens with two attached hydrogens (primary N) is 1. The van der Waals surface area contributed by atoms with E-state index in [1.165, 1.54) is 6.07 Å². The molecule has 35 heavy (non-hydrogen) atoms. The monoisotopic (exact) mass is 497 g/mol. The molecule has 1 saturated heterocycles. The number of hydrogen-bond acceptors (Lipinski definition) is 9. The van der Waals surface area contributed by atoms with Crippen molar-refractivity contribution in [2.75, 3.05) is 31.6 Å². The fourth-order valence-corrected chi connectivity index (χ4v) is 4.14. The number of anilines is 1. The van der Waals surface area contributed by atoms with Gasteiger partial charge in [-0.25, -0.2) is 0 Å². The maximum absolute atomic E-state index is 12.5. The van der Waals surface area contributed by atoms with Crippen molar-refractivity contribution in [2.24, 2.45) is 5.73 Å². The van der Waals surface area contributed by atoms with Crippen LogP contribution in [0.4, 0.5) is 19.0 Å². The Balaban J connectivity index is 1.74. The number of alkyl halides is 3. The van der Waals surface area contributed by atoms with Gasteiger partial charge in [-0.05, 0) is 50.9 Å². The van der Waals surface area contributed by atoms with Gasteiger partial charge in [0, 0.05) is 42.9 Å². The number of ether oxygens (including phenoxy) is 2. The van der Waals surface area contributed by atoms with Gasteiger partial charge in [-0.3, -0.25) is 4.79 Å². The lowest BCUT2D eigenvalue weighted by atomic mass is 10.0. The minimum absolute atomic E-state index is 0.0722. The Bertz CT molecular complexity index is 1030. The van der Waals surface area contributed by atoms with E-state index in [4.69, 9.17) is 10.5 Å². The zero-order valence-electron chi connectivity index (χ0n) is 19.7. The van der Waals surface area contributed by atoms with E-state index >= 15 is 0 Å². The highest BCUT2D eigenvalue weighted by Crippen LogP contribution is 2.36. The number of aromatic nitrogens is 2. The molecular weight excluding hydrogens is 467 g/mol. The number of halogens is 3. The van der Waals surface area contributed by atoms with Crippen molar-refractivity contribution in [3.05, 3.63) is 29.3 Å². The number of phenols is 1. The van der Waals surface area contributed by atoms with Gasteiger partial charge in [0.2, 0.25) is 0 Å². The van der Waals surface area contributed by atoms with Gasteiger partial charge in [-0.1, -0.05) is 0 Å². The van der Waals surface area contributed by atoms with Crippen molar-refractivity contribution in [2.45, 2.75) is 52.1 Å². The fourth-order valence-electron chi connectivity index (χ4n) is 4.14. The summed E-state index contributed by atoms with van der Waals surface area (Å²) in [5.74, 6) is -0.655. The standard InChI is InChI=1S/C23H30F3N5O4/c1-3-34-20(33)8-10-31-9-4-5-15(13-31)28-22-18(12-27)14(2)21(29-30-22)17-7-6-16(11-19(17)32)35-23(24,25)26/h6-7,11,15,32H,3-5,8-10,12-13,27H2,1-2H3,(H,28,30)/t15-/m1/s1. The number of carbonyl (C=O) groups excluding carboxylic acids is 1. The summed E-state index contributed by atoms with van der Waals surface area (Å²) in [6.45, 7) is 6.27. The van der Waals surface area contributed by atoms with E-state index < -0.39 is 17.9 Å². The molecule has 12 heteroatoms. The van der Waals surface area contributed by atoms with E-state index in [0.29, 0.717) is 48.8 Å². The van der Waals surface area contributed by atoms with Crippen LogP contribution in [-0.4, -0.2) is 64.8 Å². The first-order chi connectivity index (χ1) is 16.6. The van der Waals surface area contributed by atoms with E-state index in [2.05, 4.69) is 25.2 Å². The van der Waals surface area contributed by atoms with Crippen LogP contribution in [0.25, 0.3) is 11.3 Å². The molecule has 1 aromatic carbocycles. The minimum Gasteiger partial charge on any atom is -0.507 e. The topological polar surface area (TPSA) is 123 Å². The number of hydrogen-bond donors (Lipinski definition) is 3. The third kappa shape index (κ3) is 7.18. The smallest absolute Gasteiger partial charge is 0.507 e.